The number of amides is 1. The minimum atomic E-state index is -0.00798. The number of benzene rings is 3. The van der Waals surface area contributed by atoms with Crippen LogP contribution in [0.5, 0.6) is 17.2 Å². The minimum Gasteiger partial charge on any atom is -0.496 e. The zero-order chi connectivity index (χ0) is 22.2. The molecule has 3 aromatic carbocycles. The molecule has 0 aliphatic carbocycles. The smallest absolute Gasteiger partial charge is 0.254 e. The van der Waals surface area contributed by atoms with E-state index >= 15 is 0 Å². The van der Waals surface area contributed by atoms with Crippen LogP contribution in [0.2, 0.25) is 0 Å². The molecular formula is C26H29NO4. The van der Waals surface area contributed by atoms with E-state index in [1.54, 1.807) is 21.3 Å². The van der Waals surface area contributed by atoms with Crippen LogP contribution < -0.4 is 14.2 Å². The van der Waals surface area contributed by atoms with E-state index in [2.05, 4.69) is 0 Å². The Morgan fingerprint density at radius 2 is 1.48 bits per heavy atom. The van der Waals surface area contributed by atoms with Gasteiger partial charge in [-0.2, -0.15) is 0 Å². The maximum atomic E-state index is 13.3. The molecule has 0 bridgehead atoms. The molecule has 162 valence electrons. The van der Waals surface area contributed by atoms with E-state index in [4.69, 9.17) is 14.2 Å². The number of ether oxygens (including phenoxy) is 3. The fourth-order valence-electron chi connectivity index (χ4n) is 3.47. The number of rotatable bonds is 9. The van der Waals surface area contributed by atoms with Crippen molar-refractivity contribution in [2.45, 2.75) is 19.9 Å². The SMILES string of the molecule is COc1ccccc1CN(CCc1ccc(OC)c(OC)c1)C(=O)c1ccc(C)cc1. The Bertz CT molecular complexity index is 1010. The third-order valence-electron chi connectivity index (χ3n) is 5.26. The van der Waals surface area contributed by atoms with Gasteiger partial charge in [0.1, 0.15) is 5.75 Å². The Balaban J connectivity index is 1.84. The summed E-state index contributed by atoms with van der Waals surface area (Å²) >= 11 is 0. The minimum absolute atomic E-state index is 0.00798. The van der Waals surface area contributed by atoms with Crippen LogP contribution >= 0.6 is 0 Å². The van der Waals surface area contributed by atoms with Gasteiger partial charge in [0, 0.05) is 24.2 Å². The third kappa shape index (κ3) is 5.57. The van der Waals surface area contributed by atoms with Gasteiger partial charge in [-0.1, -0.05) is 42.0 Å². The summed E-state index contributed by atoms with van der Waals surface area (Å²) in [6.45, 7) is 3.03. The molecular weight excluding hydrogens is 390 g/mol. The molecule has 5 nitrogen and oxygen atoms in total. The van der Waals surface area contributed by atoms with Gasteiger partial charge >= 0.3 is 0 Å². The Morgan fingerprint density at radius 1 is 0.806 bits per heavy atom. The maximum Gasteiger partial charge on any atom is 0.254 e. The van der Waals surface area contributed by atoms with Crippen LogP contribution in [0, 0.1) is 6.92 Å². The van der Waals surface area contributed by atoms with Crippen molar-refractivity contribution in [1.29, 1.82) is 0 Å². The van der Waals surface area contributed by atoms with Crippen LogP contribution in [0.3, 0.4) is 0 Å². The topological polar surface area (TPSA) is 48.0 Å². The lowest BCUT2D eigenvalue weighted by Gasteiger charge is -2.24. The van der Waals surface area contributed by atoms with Gasteiger partial charge in [-0.15, -0.1) is 0 Å². The summed E-state index contributed by atoms with van der Waals surface area (Å²) in [5, 5.41) is 0. The summed E-state index contributed by atoms with van der Waals surface area (Å²) in [5.41, 5.74) is 3.84. The normalized spacial score (nSPS) is 10.5. The average Bonchev–Trinajstić information content (AvgIpc) is 2.81. The van der Waals surface area contributed by atoms with Gasteiger partial charge in [-0.05, 0) is 49.2 Å². The zero-order valence-corrected chi connectivity index (χ0v) is 18.6. The van der Waals surface area contributed by atoms with Gasteiger partial charge in [0.05, 0.1) is 21.3 Å². The number of carbonyl (C=O) groups is 1. The standard InChI is InChI=1S/C26H29NO4/c1-19-9-12-21(13-10-19)26(28)27(18-22-7-5-6-8-23(22)29-2)16-15-20-11-14-24(30-3)25(17-20)31-4/h5-14,17H,15-16,18H2,1-4H3. The highest BCUT2D eigenvalue weighted by atomic mass is 16.5. The van der Waals surface area contributed by atoms with Gasteiger partial charge in [-0.3, -0.25) is 4.79 Å². The molecule has 1 amide bonds. The first-order valence-electron chi connectivity index (χ1n) is 10.2. The highest BCUT2D eigenvalue weighted by Gasteiger charge is 2.18. The summed E-state index contributed by atoms with van der Waals surface area (Å²) in [7, 11) is 4.89. The van der Waals surface area contributed by atoms with Crippen LogP contribution in [0.4, 0.5) is 0 Å². The van der Waals surface area contributed by atoms with E-state index in [1.165, 1.54) is 0 Å². The zero-order valence-electron chi connectivity index (χ0n) is 18.6. The fourth-order valence-corrected chi connectivity index (χ4v) is 3.47. The molecule has 0 saturated heterocycles. The Labute approximate surface area is 184 Å². The molecule has 3 aromatic rings. The first-order chi connectivity index (χ1) is 15.0. The molecule has 5 heteroatoms. The first kappa shape index (κ1) is 22.2. The molecule has 31 heavy (non-hydrogen) atoms. The molecule has 0 radical (unpaired) electrons. The van der Waals surface area contributed by atoms with Crippen molar-refractivity contribution in [3.63, 3.8) is 0 Å². The van der Waals surface area contributed by atoms with E-state index in [1.807, 2.05) is 78.6 Å². The monoisotopic (exact) mass is 419 g/mol. The average molecular weight is 420 g/mol. The number of carbonyl (C=O) groups excluding carboxylic acids is 1. The number of nitrogens with zero attached hydrogens (tertiary/aromatic N) is 1. The Kier molecular flexibility index (Phi) is 7.55. The van der Waals surface area contributed by atoms with Crippen LogP contribution in [-0.2, 0) is 13.0 Å². The first-order valence-corrected chi connectivity index (χ1v) is 10.2. The van der Waals surface area contributed by atoms with Crippen molar-refractivity contribution < 1.29 is 19.0 Å². The molecule has 3 rings (SSSR count). The highest BCUT2D eigenvalue weighted by Crippen LogP contribution is 2.28. The van der Waals surface area contributed by atoms with Crippen LogP contribution in [0.1, 0.15) is 27.0 Å². The van der Waals surface area contributed by atoms with E-state index in [0.717, 1.165) is 22.4 Å². The molecule has 0 aliphatic rings. The van der Waals surface area contributed by atoms with Crippen molar-refractivity contribution in [3.05, 3.63) is 89.0 Å². The highest BCUT2D eigenvalue weighted by molar-refractivity contribution is 5.94. The summed E-state index contributed by atoms with van der Waals surface area (Å²) < 4.78 is 16.2. The Morgan fingerprint density at radius 3 is 2.16 bits per heavy atom. The van der Waals surface area contributed by atoms with Crippen molar-refractivity contribution in [2.24, 2.45) is 0 Å². The van der Waals surface area contributed by atoms with Gasteiger partial charge < -0.3 is 19.1 Å². The fraction of sp³-hybridized carbons (Fsp3) is 0.269. The molecule has 0 atom stereocenters. The van der Waals surface area contributed by atoms with Crippen molar-refractivity contribution >= 4 is 5.91 Å². The van der Waals surface area contributed by atoms with Gasteiger partial charge in [0.2, 0.25) is 0 Å². The van der Waals surface area contributed by atoms with Gasteiger partial charge in [0.25, 0.3) is 5.91 Å². The predicted molar refractivity (Wildman–Crippen MR) is 122 cm³/mol. The largest absolute Gasteiger partial charge is 0.496 e. The number of hydrogen-bond donors (Lipinski definition) is 0. The maximum absolute atomic E-state index is 13.3. The molecule has 0 N–H and O–H groups in total. The molecule has 0 saturated carbocycles. The van der Waals surface area contributed by atoms with Crippen molar-refractivity contribution in [1.82, 2.24) is 4.90 Å². The quantitative estimate of drug-likeness (QED) is 0.495. The third-order valence-corrected chi connectivity index (χ3v) is 5.26. The predicted octanol–water partition coefficient (Wildman–Crippen LogP) is 4.91. The molecule has 0 aliphatic heterocycles. The van der Waals surface area contributed by atoms with Crippen LogP contribution in [0.15, 0.2) is 66.7 Å². The van der Waals surface area contributed by atoms with E-state index in [0.29, 0.717) is 36.6 Å². The lowest BCUT2D eigenvalue weighted by molar-refractivity contribution is 0.0744. The number of para-hydroxylation sites is 1. The Hall–Kier alpha value is -3.47. The van der Waals surface area contributed by atoms with E-state index < -0.39 is 0 Å². The molecule has 0 spiro atoms. The summed E-state index contributed by atoms with van der Waals surface area (Å²) in [4.78, 5) is 15.2. The lowest BCUT2D eigenvalue weighted by atomic mass is 10.1. The summed E-state index contributed by atoms with van der Waals surface area (Å²) in [5.74, 6) is 2.13. The second kappa shape index (κ2) is 10.5. The number of hydrogen-bond acceptors (Lipinski definition) is 4. The van der Waals surface area contributed by atoms with E-state index in [-0.39, 0.29) is 5.91 Å². The molecule has 0 heterocycles. The number of methoxy groups -OCH3 is 3. The summed E-state index contributed by atoms with van der Waals surface area (Å²) in [6.07, 6.45) is 0.688. The van der Waals surface area contributed by atoms with Gasteiger partial charge in [-0.25, -0.2) is 0 Å². The number of aryl methyl sites for hydroxylation is 1. The van der Waals surface area contributed by atoms with Crippen LogP contribution in [-0.4, -0.2) is 38.7 Å². The molecule has 0 unspecified atom stereocenters. The lowest BCUT2D eigenvalue weighted by Crippen LogP contribution is -2.32. The molecule has 0 fully saturated rings. The van der Waals surface area contributed by atoms with Crippen molar-refractivity contribution in [3.8, 4) is 17.2 Å². The second-order valence-electron chi connectivity index (χ2n) is 7.34. The van der Waals surface area contributed by atoms with E-state index in [9.17, 15) is 4.79 Å². The van der Waals surface area contributed by atoms with Gasteiger partial charge in [0.15, 0.2) is 11.5 Å². The second-order valence-corrected chi connectivity index (χ2v) is 7.34. The molecule has 0 aromatic heterocycles. The van der Waals surface area contributed by atoms with Crippen LogP contribution in [0.25, 0.3) is 0 Å². The van der Waals surface area contributed by atoms with Crippen molar-refractivity contribution in [2.75, 3.05) is 27.9 Å². The summed E-state index contributed by atoms with van der Waals surface area (Å²) in [6, 6.07) is 21.3.